The van der Waals surface area contributed by atoms with Crippen LogP contribution in [-0.4, -0.2) is 52.2 Å². The van der Waals surface area contributed by atoms with Gasteiger partial charge >= 0.3 is 0 Å². The average Bonchev–Trinajstić information content (AvgIpc) is 3.14. The van der Waals surface area contributed by atoms with E-state index in [0.29, 0.717) is 12.8 Å². The maximum absolute atomic E-state index is 13.0. The van der Waals surface area contributed by atoms with Crippen LogP contribution in [-0.2, 0) is 24.8 Å². The number of amides is 1. The van der Waals surface area contributed by atoms with Gasteiger partial charge in [-0.1, -0.05) is 18.9 Å². The largest absolute Gasteiger partial charge is 0.354 e. The van der Waals surface area contributed by atoms with Crippen LogP contribution < -0.4 is 10.0 Å². The molecular weight excluding hydrogens is 402 g/mol. The molecule has 1 heterocycles. The lowest BCUT2D eigenvalue weighted by molar-refractivity contribution is -0.119. The van der Waals surface area contributed by atoms with E-state index in [4.69, 9.17) is 0 Å². The van der Waals surface area contributed by atoms with Crippen LogP contribution in [0.1, 0.15) is 45.4 Å². The molecule has 1 saturated heterocycles. The number of rotatable bonds is 6. The van der Waals surface area contributed by atoms with Crippen molar-refractivity contribution in [2.24, 2.45) is 0 Å². The second-order valence-electron chi connectivity index (χ2n) is 7.46. The maximum atomic E-state index is 13.0. The molecule has 1 aromatic rings. The molecule has 1 aliphatic carbocycles. The fraction of sp³-hybridized carbons (Fsp3) is 0.611. The van der Waals surface area contributed by atoms with E-state index in [2.05, 4.69) is 10.0 Å². The lowest BCUT2D eigenvalue weighted by Gasteiger charge is -2.31. The molecule has 1 aromatic carbocycles. The van der Waals surface area contributed by atoms with E-state index < -0.39 is 20.0 Å². The number of carbonyl (C=O) groups is 1. The zero-order chi connectivity index (χ0) is 20.4. The van der Waals surface area contributed by atoms with Gasteiger partial charge in [0.25, 0.3) is 0 Å². The van der Waals surface area contributed by atoms with Gasteiger partial charge in [0.2, 0.25) is 26.0 Å². The van der Waals surface area contributed by atoms with E-state index in [0.717, 1.165) is 25.7 Å². The monoisotopic (exact) mass is 429 g/mol. The van der Waals surface area contributed by atoms with Crippen LogP contribution in [0.15, 0.2) is 34.1 Å². The predicted octanol–water partition coefficient (Wildman–Crippen LogP) is 1.20. The predicted molar refractivity (Wildman–Crippen MR) is 105 cm³/mol. The Balaban J connectivity index is 1.74. The van der Waals surface area contributed by atoms with Crippen LogP contribution in [0, 0.1) is 0 Å². The van der Waals surface area contributed by atoms with Gasteiger partial charge in [-0.15, -0.1) is 0 Å². The Morgan fingerprint density at radius 3 is 2.18 bits per heavy atom. The summed E-state index contributed by atoms with van der Waals surface area (Å²) in [4.78, 5) is 11.1. The molecule has 2 aliphatic rings. The molecule has 0 unspecified atom stereocenters. The third-order valence-corrected chi connectivity index (χ3v) is 8.70. The summed E-state index contributed by atoms with van der Waals surface area (Å²) in [6.07, 6.45) is 4.66. The summed E-state index contributed by atoms with van der Waals surface area (Å²) in [5.41, 5.74) is 0. The van der Waals surface area contributed by atoms with Crippen molar-refractivity contribution < 1.29 is 21.6 Å². The Kier molecular flexibility index (Phi) is 6.43. The second kappa shape index (κ2) is 8.48. The first-order valence-electron chi connectivity index (χ1n) is 9.58. The quantitative estimate of drug-likeness (QED) is 0.705. The number of hydrogen-bond acceptors (Lipinski definition) is 5. The lowest BCUT2D eigenvalue weighted by Crippen LogP contribution is -2.46. The van der Waals surface area contributed by atoms with Gasteiger partial charge in [-0.2, -0.15) is 4.31 Å². The smallest absolute Gasteiger partial charge is 0.243 e. The highest BCUT2D eigenvalue weighted by Gasteiger charge is 2.31. The minimum atomic E-state index is -3.80. The average molecular weight is 430 g/mol. The molecule has 8 nitrogen and oxygen atoms in total. The molecule has 2 fully saturated rings. The zero-order valence-electron chi connectivity index (χ0n) is 15.9. The van der Waals surface area contributed by atoms with Gasteiger partial charge in [0, 0.05) is 32.1 Å². The molecule has 0 bridgehead atoms. The van der Waals surface area contributed by atoms with E-state index in [1.165, 1.54) is 35.5 Å². The third kappa shape index (κ3) is 4.91. The van der Waals surface area contributed by atoms with E-state index in [1.807, 2.05) is 0 Å². The van der Waals surface area contributed by atoms with E-state index in [-0.39, 0.29) is 40.9 Å². The van der Waals surface area contributed by atoms with Gasteiger partial charge in [-0.05, 0) is 43.9 Å². The van der Waals surface area contributed by atoms with Crippen LogP contribution >= 0.6 is 0 Å². The number of sulfonamides is 2. The van der Waals surface area contributed by atoms with E-state index in [9.17, 15) is 21.6 Å². The molecule has 10 heteroatoms. The standard InChI is InChI=1S/C18H27N3O5S2/c1-14(22)19-15-9-11-21(12-10-15)28(25,26)18-8-4-7-17(13-18)27(23,24)20-16-5-2-3-6-16/h4,7-8,13,15-16,20H,2-3,5-6,9-12H2,1H3,(H,19,22). The molecule has 3 rings (SSSR count). The van der Waals surface area contributed by atoms with Gasteiger partial charge in [0.15, 0.2) is 0 Å². The Morgan fingerprint density at radius 2 is 1.57 bits per heavy atom. The Labute approximate surface area is 166 Å². The molecule has 28 heavy (non-hydrogen) atoms. The van der Waals surface area contributed by atoms with Crippen LogP contribution in [0.3, 0.4) is 0 Å². The fourth-order valence-electron chi connectivity index (χ4n) is 3.81. The summed E-state index contributed by atoms with van der Waals surface area (Å²) >= 11 is 0. The summed E-state index contributed by atoms with van der Waals surface area (Å²) in [6, 6.07) is 5.40. The highest BCUT2D eigenvalue weighted by Crippen LogP contribution is 2.24. The van der Waals surface area contributed by atoms with Gasteiger partial charge in [0.05, 0.1) is 9.79 Å². The molecule has 0 aromatic heterocycles. The number of piperidine rings is 1. The van der Waals surface area contributed by atoms with Gasteiger partial charge in [-0.3, -0.25) is 4.79 Å². The molecule has 0 atom stereocenters. The first-order valence-corrected chi connectivity index (χ1v) is 12.5. The number of carbonyl (C=O) groups excluding carboxylic acids is 1. The Bertz CT molecular complexity index is 916. The van der Waals surface area contributed by atoms with Crippen molar-refractivity contribution in [3.63, 3.8) is 0 Å². The zero-order valence-corrected chi connectivity index (χ0v) is 17.6. The Hall–Kier alpha value is -1.49. The molecular formula is C18H27N3O5S2. The first-order chi connectivity index (χ1) is 13.2. The van der Waals surface area contributed by atoms with Crippen LogP contribution in [0.5, 0.6) is 0 Å². The van der Waals surface area contributed by atoms with Crippen molar-refractivity contribution in [3.05, 3.63) is 24.3 Å². The highest BCUT2D eigenvalue weighted by atomic mass is 32.2. The SMILES string of the molecule is CC(=O)NC1CCN(S(=O)(=O)c2cccc(S(=O)(=O)NC3CCCC3)c2)CC1. The van der Waals surface area contributed by atoms with Crippen LogP contribution in [0.4, 0.5) is 0 Å². The van der Waals surface area contributed by atoms with Gasteiger partial charge in [-0.25, -0.2) is 21.6 Å². The molecule has 1 aliphatic heterocycles. The summed E-state index contributed by atoms with van der Waals surface area (Å²) in [5.74, 6) is -0.131. The summed E-state index contributed by atoms with van der Waals surface area (Å²) in [6.45, 7) is 2.00. The molecule has 0 radical (unpaired) electrons. The van der Waals surface area contributed by atoms with Crippen molar-refractivity contribution in [1.29, 1.82) is 0 Å². The number of hydrogen-bond donors (Lipinski definition) is 2. The number of nitrogens with zero attached hydrogens (tertiary/aromatic N) is 1. The minimum absolute atomic E-state index is 0.0280. The molecule has 156 valence electrons. The number of nitrogens with one attached hydrogen (secondary N) is 2. The van der Waals surface area contributed by atoms with Crippen molar-refractivity contribution in [2.75, 3.05) is 13.1 Å². The minimum Gasteiger partial charge on any atom is -0.354 e. The van der Waals surface area contributed by atoms with Crippen molar-refractivity contribution in [3.8, 4) is 0 Å². The molecule has 1 amide bonds. The summed E-state index contributed by atoms with van der Waals surface area (Å²) in [7, 11) is -7.56. The maximum Gasteiger partial charge on any atom is 0.243 e. The van der Waals surface area contributed by atoms with E-state index >= 15 is 0 Å². The molecule has 2 N–H and O–H groups in total. The van der Waals surface area contributed by atoms with Crippen molar-refractivity contribution >= 4 is 26.0 Å². The summed E-state index contributed by atoms with van der Waals surface area (Å²) < 4.78 is 55.2. The summed E-state index contributed by atoms with van der Waals surface area (Å²) in [5, 5.41) is 2.81. The Morgan fingerprint density at radius 1 is 0.964 bits per heavy atom. The van der Waals surface area contributed by atoms with Crippen molar-refractivity contribution in [2.45, 2.75) is 67.3 Å². The third-order valence-electron chi connectivity index (χ3n) is 5.29. The topological polar surface area (TPSA) is 113 Å². The van der Waals surface area contributed by atoms with Crippen molar-refractivity contribution in [1.82, 2.24) is 14.3 Å². The van der Waals surface area contributed by atoms with Gasteiger partial charge in [0.1, 0.15) is 0 Å². The number of benzene rings is 1. The highest BCUT2D eigenvalue weighted by molar-refractivity contribution is 7.90. The molecule has 1 saturated carbocycles. The first kappa shape index (κ1) is 21.2. The molecule has 0 spiro atoms. The van der Waals surface area contributed by atoms with Crippen LogP contribution in [0.2, 0.25) is 0 Å². The normalized spacial score (nSPS) is 20.3. The van der Waals surface area contributed by atoms with Gasteiger partial charge < -0.3 is 5.32 Å². The second-order valence-corrected chi connectivity index (χ2v) is 11.1. The van der Waals surface area contributed by atoms with E-state index in [1.54, 1.807) is 0 Å². The fourth-order valence-corrected chi connectivity index (χ4v) is 6.75. The van der Waals surface area contributed by atoms with Crippen LogP contribution in [0.25, 0.3) is 0 Å². The lowest BCUT2D eigenvalue weighted by atomic mass is 10.1.